The summed E-state index contributed by atoms with van der Waals surface area (Å²) in [7, 11) is 0. The van der Waals surface area contributed by atoms with Gasteiger partial charge < -0.3 is 15.9 Å². The van der Waals surface area contributed by atoms with E-state index >= 15 is 0 Å². The summed E-state index contributed by atoms with van der Waals surface area (Å²) in [6.45, 7) is 0.567. The molecule has 1 heterocycles. The van der Waals surface area contributed by atoms with Crippen molar-refractivity contribution in [3.8, 4) is 11.5 Å². The number of hydrogen-bond acceptors (Lipinski definition) is 4. The van der Waals surface area contributed by atoms with Crippen LogP contribution in [0.4, 0.5) is 0 Å². The molecule has 78 valence electrons. The second-order valence-corrected chi connectivity index (χ2v) is 3.42. The van der Waals surface area contributed by atoms with E-state index in [9.17, 15) is 10.2 Å². The highest BCUT2D eigenvalue weighted by atomic mass is 16.3. The SMILES string of the molecule is NCCc1cnc2cc(O)c(O)cc2c1. The third kappa shape index (κ3) is 1.85. The predicted octanol–water partition coefficient (Wildman–Crippen LogP) is 1.15. The van der Waals surface area contributed by atoms with Crippen LogP contribution in [0.1, 0.15) is 5.56 Å². The minimum Gasteiger partial charge on any atom is -0.504 e. The van der Waals surface area contributed by atoms with Crippen molar-refractivity contribution < 1.29 is 10.2 Å². The van der Waals surface area contributed by atoms with Crippen LogP contribution in [0.2, 0.25) is 0 Å². The van der Waals surface area contributed by atoms with Crippen LogP contribution in [0.5, 0.6) is 11.5 Å². The lowest BCUT2D eigenvalue weighted by Crippen LogP contribution is -2.02. The van der Waals surface area contributed by atoms with Gasteiger partial charge in [-0.1, -0.05) is 0 Å². The Bertz CT molecular complexity index is 497. The largest absolute Gasteiger partial charge is 0.504 e. The van der Waals surface area contributed by atoms with Crippen molar-refractivity contribution >= 4 is 10.9 Å². The molecule has 0 amide bonds. The third-order valence-corrected chi connectivity index (χ3v) is 2.27. The summed E-state index contributed by atoms with van der Waals surface area (Å²) in [6.07, 6.45) is 2.48. The number of pyridine rings is 1. The number of benzene rings is 1. The maximum atomic E-state index is 9.34. The summed E-state index contributed by atoms with van der Waals surface area (Å²) in [5.74, 6) is -0.282. The molecule has 4 heteroatoms. The number of phenols is 2. The van der Waals surface area contributed by atoms with E-state index < -0.39 is 0 Å². The molecule has 0 atom stereocenters. The highest BCUT2D eigenvalue weighted by molar-refractivity contribution is 5.82. The summed E-state index contributed by atoms with van der Waals surface area (Å²) in [5, 5.41) is 19.4. The molecule has 0 aliphatic rings. The fourth-order valence-corrected chi connectivity index (χ4v) is 1.50. The molecule has 4 nitrogen and oxygen atoms in total. The minimum absolute atomic E-state index is 0.130. The van der Waals surface area contributed by atoms with Gasteiger partial charge in [0.25, 0.3) is 0 Å². The number of aromatic nitrogens is 1. The smallest absolute Gasteiger partial charge is 0.159 e. The van der Waals surface area contributed by atoms with Gasteiger partial charge in [0.2, 0.25) is 0 Å². The van der Waals surface area contributed by atoms with Gasteiger partial charge in [-0.05, 0) is 30.7 Å². The fourth-order valence-electron chi connectivity index (χ4n) is 1.50. The zero-order valence-electron chi connectivity index (χ0n) is 8.14. The van der Waals surface area contributed by atoms with Crippen LogP contribution in [0, 0.1) is 0 Å². The molecule has 0 bridgehead atoms. The van der Waals surface area contributed by atoms with E-state index in [1.165, 1.54) is 12.1 Å². The molecule has 0 aliphatic carbocycles. The maximum absolute atomic E-state index is 9.34. The number of fused-ring (bicyclic) bond motifs is 1. The first-order valence-corrected chi connectivity index (χ1v) is 4.71. The number of rotatable bonds is 2. The summed E-state index contributed by atoms with van der Waals surface area (Å²) >= 11 is 0. The van der Waals surface area contributed by atoms with Gasteiger partial charge in [0.15, 0.2) is 11.5 Å². The van der Waals surface area contributed by atoms with Gasteiger partial charge in [-0.2, -0.15) is 0 Å². The first-order valence-electron chi connectivity index (χ1n) is 4.71. The lowest BCUT2D eigenvalue weighted by molar-refractivity contribution is 0.405. The molecular formula is C11H12N2O2. The molecule has 1 aromatic carbocycles. The van der Waals surface area contributed by atoms with Crippen LogP contribution >= 0.6 is 0 Å². The first-order chi connectivity index (χ1) is 7.20. The zero-order chi connectivity index (χ0) is 10.8. The van der Waals surface area contributed by atoms with Crippen LogP contribution in [-0.4, -0.2) is 21.7 Å². The highest BCUT2D eigenvalue weighted by Gasteiger charge is 2.03. The van der Waals surface area contributed by atoms with Crippen molar-refractivity contribution in [2.45, 2.75) is 6.42 Å². The van der Waals surface area contributed by atoms with Crippen LogP contribution in [-0.2, 0) is 6.42 Å². The Morgan fingerprint density at radius 2 is 1.87 bits per heavy atom. The van der Waals surface area contributed by atoms with Crippen molar-refractivity contribution in [2.75, 3.05) is 6.54 Å². The van der Waals surface area contributed by atoms with Gasteiger partial charge in [0, 0.05) is 17.6 Å². The van der Waals surface area contributed by atoms with E-state index in [2.05, 4.69) is 4.98 Å². The summed E-state index contributed by atoms with van der Waals surface area (Å²) < 4.78 is 0. The minimum atomic E-state index is -0.151. The van der Waals surface area contributed by atoms with Crippen LogP contribution < -0.4 is 5.73 Å². The quantitative estimate of drug-likeness (QED) is 0.641. The van der Waals surface area contributed by atoms with Crippen LogP contribution in [0.3, 0.4) is 0 Å². The monoisotopic (exact) mass is 204 g/mol. The standard InChI is InChI=1S/C11H12N2O2/c12-2-1-7-3-8-4-10(14)11(15)5-9(8)13-6-7/h3-6,14-15H,1-2,12H2. The molecular weight excluding hydrogens is 192 g/mol. The van der Waals surface area contributed by atoms with Crippen molar-refractivity contribution in [2.24, 2.45) is 5.73 Å². The topological polar surface area (TPSA) is 79.4 Å². The number of aromatic hydroxyl groups is 2. The van der Waals surface area contributed by atoms with E-state index in [1.54, 1.807) is 6.20 Å². The Kier molecular flexibility index (Phi) is 2.43. The van der Waals surface area contributed by atoms with Gasteiger partial charge >= 0.3 is 0 Å². The molecule has 0 spiro atoms. The van der Waals surface area contributed by atoms with E-state index in [-0.39, 0.29) is 11.5 Å². The molecule has 0 fully saturated rings. The number of nitrogens with zero attached hydrogens (tertiary/aromatic N) is 1. The highest BCUT2D eigenvalue weighted by Crippen LogP contribution is 2.29. The number of nitrogens with two attached hydrogens (primary N) is 1. The average Bonchev–Trinajstić information content (AvgIpc) is 2.21. The first kappa shape index (κ1) is 9.73. The second kappa shape index (κ2) is 3.74. The Balaban J connectivity index is 2.56. The van der Waals surface area contributed by atoms with Crippen LogP contribution in [0.25, 0.3) is 10.9 Å². The molecule has 2 aromatic rings. The van der Waals surface area contributed by atoms with Crippen LogP contribution in [0.15, 0.2) is 24.4 Å². The number of hydrogen-bond donors (Lipinski definition) is 3. The van der Waals surface area contributed by atoms with E-state index in [0.717, 1.165) is 17.4 Å². The number of phenolic OH excluding ortho intramolecular Hbond substituents is 2. The molecule has 0 saturated heterocycles. The van der Waals surface area contributed by atoms with Crippen molar-refractivity contribution in [1.29, 1.82) is 0 Å². The van der Waals surface area contributed by atoms with Gasteiger partial charge in [-0.3, -0.25) is 4.98 Å². The second-order valence-electron chi connectivity index (χ2n) is 3.42. The molecule has 1 aromatic heterocycles. The van der Waals surface area contributed by atoms with E-state index in [0.29, 0.717) is 12.1 Å². The molecule has 2 rings (SSSR count). The van der Waals surface area contributed by atoms with E-state index in [4.69, 9.17) is 5.73 Å². The third-order valence-electron chi connectivity index (χ3n) is 2.27. The lowest BCUT2D eigenvalue weighted by atomic mass is 10.1. The summed E-state index contributed by atoms with van der Waals surface area (Å²) in [6, 6.07) is 4.85. The van der Waals surface area contributed by atoms with Crippen molar-refractivity contribution in [3.05, 3.63) is 30.0 Å². The van der Waals surface area contributed by atoms with Gasteiger partial charge in [0.1, 0.15) is 0 Å². The fraction of sp³-hybridized carbons (Fsp3) is 0.182. The Labute approximate surface area is 87.0 Å². The molecule has 0 aliphatic heterocycles. The molecule has 4 N–H and O–H groups in total. The molecule has 15 heavy (non-hydrogen) atoms. The Hall–Kier alpha value is -1.81. The molecule has 0 radical (unpaired) electrons. The molecule has 0 unspecified atom stereocenters. The predicted molar refractivity (Wildman–Crippen MR) is 57.8 cm³/mol. The Morgan fingerprint density at radius 3 is 2.60 bits per heavy atom. The Morgan fingerprint density at radius 1 is 1.13 bits per heavy atom. The van der Waals surface area contributed by atoms with Crippen molar-refractivity contribution in [1.82, 2.24) is 4.98 Å². The lowest BCUT2D eigenvalue weighted by Gasteiger charge is -2.03. The normalized spacial score (nSPS) is 10.7. The molecule has 0 saturated carbocycles. The van der Waals surface area contributed by atoms with E-state index in [1.807, 2.05) is 6.07 Å². The van der Waals surface area contributed by atoms with Crippen molar-refractivity contribution in [3.63, 3.8) is 0 Å². The zero-order valence-corrected chi connectivity index (χ0v) is 8.14. The maximum Gasteiger partial charge on any atom is 0.159 e. The average molecular weight is 204 g/mol. The summed E-state index contributed by atoms with van der Waals surface area (Å²) in [5.41, 5.74) is 7.12. The van der Waals surface area contributed by atoms with Gasteiger partial charge in [-0.25, -0.2) is 0 Å². The van der Waals surface area contributed by atoms with Gasteiger partial charge in [0.05, 0.1) is 5.52 Å². The summed E-state index contributed by atoms with van der Waals surface area (Å²) in [4.78, 5) is 4.18. The van der Waals surface area contributed by atoms with Gasteiger partial charge in [-0.15, -0.1) is 0 Å².